The highest BCUT2D eigenvalue weighted by Gasteiger charge is 2.15. The summed E-state index contributed by atoms with van der Waals surface area (Å²) < 4.78 is 12.3. The molecular weight excluding hydrogens is 464 g/mol. The molecule has 1 N–H and O–H groups in total. The van der Waals surface area contributed by atoms with Crippen molar-refractivity contribution in [1.29, 1.82) is 0 Å². The van der Waals surface area contributed by atoms with Crippen molar-refractivity contribution >= 4 is 34.8 Å². The van der Waals surface area contributed by atoms with Gasteiger partial charge < -0.3 is 9.47 Å². The summed E-state index contributed by atoms with van der Waals surface area (Å²) in [5.74, 6) is 1.05. The number of amides is 1. The van der Waals surface area contributed by atoms with Crippen LogP contribution in [-0.4, -0.2) is 41.1 Å². The van der Waals surface area contributed by atoms with Gasteiger partial charge in [-0.25, -0.2) is 10.4 Å². The minimum Gasteiger partial charge on any atom is -0.497 e. The molecule has 1 aromatic heterocycles. The summed E-state index contributed by atoms with van der Waals surface area (Å²) in [5, 5.41) is 4.94. The highest BCUT2D eigenvalue weighted by atomic mass is 32.2. The number of rotatable bonds is 9. The number of nitrogens with zero attached hydrogens (tertiary/aromatic N) is 3. The van der Waals surface area contributed by atoms with Gasteiger partial charge in [0.2, 0.25) is 0 Å². The molecule has 0 aliphatic carbocycles. The lowest BCUT2D eigenvalue weighted by Gasteiger charge is -2.13. The number of carbonyl (C=O) groups is 1. The van der Waals surface area contributed by atoms with Crippen LogP contribution in [0.1, 0.15) is 12.5 Å². The molecule has 1 amide bonds. The van der Waals surface area contributed by atoms with Crippen molar-refractivity contribution in [2.45, 2.75) is 12.1 Å². The van der Waals surface area contributed by atoms with Crippen LogP contribution >= 0.6 is 11.8 Å². The first-order chi connectivity index (χ1) is 17.1. The van der Waals surface area contributed by atoms with E-state index in [1.807, 2.05) is 37.3 Å². The lowest BCUT2D eigenvalue weighted by Crippen LogP contribution is -2.24. The normalized spacial score (nSPS) is 11.0. The third-order valence-electron chi connectivity index (χ3n) is 5.02. The SMILES string of the molecule is CCOc1ccccc1/C=N\NC(=O)CSc1nc2ccccc2c(=O)n1-c1ccc(OC)cc1. The number of ether oxygens (including phenoxy) is 2. The second-order valence-corrected chi connectivity index (χ2v) is 8.25. The maximum Gasteiger partial charge on any atom is 0.266 e. The Kier molecular flexibility index (Phi) is 7.79. The van der Waals surface area contributed by atoms with Gasteiger partial charge in [0.1, 0.15) is 11.5 Å². The van der Waals surface area contributed by atoms with Crippen LogP contribution in [0, 0.1) is 0 Å². The molecule has 35 heavy (non-hydrogen) atoms. The average Bonchev–Trinajstić information content (AvgIpc) is 2.89. The molecule has 9 heteroatoms. The van der Waals surface area contributed by atoms with E-state index < -0.39 is 0 Å². The van der Waals surface area contributed by atoms with E-state index in [0.29, 0.717) is 39.9 Å². The van der Waals surface area contributed by atoms with Crippen molar-refractivity contribution in [2.75, 3.05) is 19.5 Å². The Morgan fingerprint density at radius 1 is 1.09 bits per heavy atom. The first-order valence-corrected chi connectivity index (χ1v) is 11.9. The zero-order valence-corrected chi connectivity index (χ0v) is 20.1. The largest absolute Gasteiger partial charge is 0.497 e. The van der Waals surface area contributed by atoms with E-state index in [0.717, 1.165) is 17.3 Å². The zero-order valence-electron chi connectivity index (χ0n) is 19.3. The Hall–Kier alpha value is -4.11. The lowest BCUT2D eigenvalue weighted by molar-refractivity contribution is -0.118. The minimum atomic E-state index is -0.330. The second-order valence-electron chi connectivity index (χ2n) is 7.30. The molecule has 0 atom stereocenters. The maximum absolute atomic E-state index is 13.3. The highest BCUT2D eigenvalue weighted by Crippen LogP contribution is 2.23. The van der Waals surface area contributed by atoms with E-state index in [1.54, 1.807) is 49.6 Å². The number of nitrogens with one attached hydrogen (secondary N) is 1. The van der Waals surface area contributed by atoms with Crippen LogP contribution in [-0.2, 0) is 4.79 Å². The van der Waals surface area contributed by atoms with Crippen LogP contribution in [0.2, 0.25) is 0 Å². The Labute approximate surface area is 206 Å². The monoisotopic (exact) mass is 488 g/mol. The Balaban J connectivity index is 1.54. The fourth-order valence-electron chi connectivity index (χ4n) is 3.38. The second kappa shape index (κ2) is 11.3. The molecule has 3 aromatic carbocycles. The standard InChI is InChI=1S/C26H24N4O4S/c1-3-34-23-11-7-4-8-18(23)16-27-29-24(31)17-35-26-28-22-10-6-5-9-21(22)25(32)30(26)19-12-14-20(33-2)15-13-19/h4-16H,3,17H2,1-2H3,(H,29,31)/b27-16-. The van der Waals surface area contributed by atoms with Crippen LogP contribution in [0.5, 0.6) is 11.5 Å². The fraction of sp³-hybridized carbons (Fsp3) is 0.154. The van der Waals surface area contributed by atoms with Gasteiger partial charge in [0.25, 0.3) is 11.5 Å². The number of hydrazone groups is 1. The third-order valence-corrected chi connectivity index (χ3v) is 5.96. The number of hydrogen-bond donors (Lipinski definition) is 1. The third kappa shape index (κ3) is 5.70. The summed E-state index contributed by atoms with van der Waals surface area (Å²) in [7, 11) is 1.58. The van der Waals surface area contributed by atoms with Crippen LogP contribution in [0.4, 0.5) is 0 Å². The van der Waals surface area contributed by atoms with Crippen molar-refractivity contribution in [3.05, 3.63) is 88.7 Å². The van der Waals surface area contributed by atoms with E-state index in [1.165, 1.54) is 10.8 Å². The van der Waals surface area contributed by atoms with Crippen molar-refractivity contribution in [1.82, 2.24) is 15.0 Å². The van der Waals surface area contributed by atoms with E-state index in [2.05, 4.69) is 15.5 Å². The molecule has 4 rings (SSSR count). The Morgan fingerprint density at radius 2 is 1.83 bits per heavy atom. The average molecular weight is 489 g/mol. The molecule has 0 unspecified atom stereocenters. The van der Waals surface area contributed by atoms with Crippen LogP contribution in [0.25, 0.3) is 16.6 Å². The first kappa shape index (κ1) is 24.0. The van der Waals surface area contributed by atoms with E-state index in [-0.39, 0.29) is 17.2 Å². The maximum atomic E-state index is 13.3. The molecule has 0 aliphatic rings. The summed E-state index contributed by atoms with van der Waals surface area (Å²) in [6.07, 6.45) is 1.54. The van der Waals surface area contributed by atoms with Crippen LogP contribution < -0.4 is 20.5 Å². The topological polar surface area (TPSA) is 94.8 Å². The van der Waals surface area contributed by atoms with Gasteiger partial charge in [-0.3, -0.25) is 14.2 Å². The molecule has 0 fully saturated rings. The van der Waals surface area contributed by atoms with Crippen molar-refractivity contribution < 1.29 is 14.3 Å². The highest BCUT2D eigenvalue weighted by molar-refractivity contribution is 7.99. The van der Waals surface area contributed by atoms with Gasteiger partial charge in [-0.2, -0.15) is 5.10 Å². The molecule has 178 valence electrons. The summed E-state index contributed by atoms with van der Waals surface area (Å²) in [6, 6.07) is 21.7. The molecule has 0 saturated heterocycles. The Morgan fingerprint density at radius 3 is 2.60 bits per heavy atom. The van der Waals surface area contributed by atoms with Gasteiger partial charge in [0.05, 0.1) is 42.3 Å². The number of benzene rings is 3. The molecule has 0 radical (unpaired) electrons. The molecule has 0 spiro atoms. The van der Waals surface area contributed by atoms with E-state index >= 15 is 0 Å². The summed E-state index contributed by atoms with van der Waals surface area (Å²) in [6.45, 7) is 2.43. The summed E-state index contributed by atoms with van der Waals surface area (Å²) in [4.78, 5) is 30.4. The molecule has 0 saturated carbocycles. The number of hydrogen-bond acceptors (Lipinski definition) is 7. The molecular formula is C26H24N4O4S. The van der Waals surface area contributed by atoms with Crippen LogP contribution in [0.15, 0.2) is 87.8 Å². The first-order valence-electron chi connectivity index (χ1n) is 10.9. The van der Waals surface area contributed by atoms with Crippen LogP contribution in [0.3, 0.4) is 0 Å². The van der Waals surface area contributed by atoms with Gasteiger partial charge >= 0.3 is 0 Å². The molecule has 4 aromatic rings. The fourth-order valence-corrected chi connectivity index (χ4v) is 4.18. The van der Waals surface area contributed by atoms with E-state index in [4.69, 9.17) is 9.47 Å². The number of methoxy groups -OCH3 is 1. The number of thioether (sulfide) groups is 1. The predicted molar refractivity (Wildman–Crippen MR) is 138 cm³/mol. The van der Waals surface area contributed by atoms with Crippen molar-refractivity contribution in [3.63, 3.8) is 0 Å². The van der Waals surface area contributed by atoms with Gasteiger partial charge in [0.15, 0.2) is 5.16 Å². The molecule has 1 heterocycles. The number of para-hydroxylation sites is 2. The minimum absolute atomic E-state index is 0.0192. The number of fused-ring (bicyclic) bond motifs is 1. The zero-order chi connectivity index (χ0) is 24.6. The number of carbonyl (C=O) groups excluding carboxylic acids is 1. The summed E-state index contributed by atoms with van der Waals surface area (Å²) in [5.41, 5.74) is 4.25. The van der Waals surface area contributed by atoms with Gasteiger partial charge in [-0.1, -0.05) is 36.0 Å². The molecule has 0 bridgehead atoms. The summed E-state index contributed by atoms with van der Waals surface area (Å²) >= 11 is 1.16. The lowest BCUT2D eigenvalue weighted by atomic mass is 10.2. The molecule has 0 aliphatic heterocycles. The van der Waals surface area contributed by atoms with Crippen molar-refractivity contribution in [3.8, 4) is 17.2 Å². The van der Waals surface area contributed by atoms with Gasteiger partial charge in [0, 0.05) is 5.56 Å². The number of aromatic nitrogens is 2. The van der Waals surface area contributed by atoms with Gasteiger partial charge in [-0.05, 0) is 55.5 Å². The Bertz CT molecular complexity index is 1420. The van der Waals surface area contributed by atoms with Gasteiger partial charge in [-0.15, -0.1) is 0 Å². The predicted octanol–water partition coefficient (Wildman–Crippen LogP) is 4.04. The smallest absolute Gasteiger partial charge is 0.266 e. The molecule has 8 nitrogen and oxygen atoms in total. The van der Waals surface area contributed by atoms with Crippen molar-refractivity contribution in [2.24, 2.45) is 5.10 Å². The quantitative estimate of drug-likeness (QED) is 0.165. The van der Waals surface area contributed by atoms with E-state index in [9.17, 15) is 9.59 Å².